The van der Waals surface area contributed by atoms with Gasteiger partial charge in [-0.15, -0.1) is 0 Å². The number of allylic oxidation sites excluding steroid dienone is 2. The maximum absolute atomic E-state index is 2.47. The fourth-order valence-electron chi connectivity index (χ4n) is 2.53. The summed E-state index contributed by atoms with van der Waals surface area (Å²) in [6, 6.07) is 0. The van der Waals surface area contributed by atoms with Gasteiger partial charge < -0.3 is 0 Å². The molecule has 0 aromatic rings. The van der Waals surface area contributed by atoms with Gasteiger partial charge in [0.15, 0.2) is 0 Å². The van der Waals surface area contributed by atoms with Crippen molar-refractivity contribution in [2.75, 3.05) is 13.6 Å². The molecule has 1 heterocycles. The van der Waals surface area contributed by atoms with E-state index in [0.717, 1.165) is 0 Å². The third kappa shape index (κ3) is 1.45. The Labute approximate surface area is 74.8 Å². The Morgan fingerprint density at radius 1 is 1.25 bits per heavy atom. The van der Waals surface area contributed by atoms with Gasteiger partial charge in [-0.1, -0.05) is 12.2 Å². The van der Waals surface area contributed by atoms with Crippen molar-refractivity contribution in [2.24, 2.45) is 5.41 Å². The lowest BCUT2D eigenvalue weighted by atomic mass is 9.73. The van der Waals surface area contributed by atoms with E-state index in [1.54, 1.807) is 0 Å². The zero-order valence-electron chi connectivity index (χ0n) is 7.92. The third-order valence-electron chi connectivity index (χ3n) is 3.18. The highest BCUT2D eigenvalue weighted by Crippen LogP contribution is 2.36. The molecular formula is C11H18N+. The van der Waals surface area contributed by atoms with Crippen molar-refractivity contribution in [1.82, 2.24) is 0 Å². The summed E-state index contributed by atoms with van der Waals surface area (Å²) < 4.78 is 2.38. The van der Waals surface area contributed by atoms with Crippen LogP contribution in [0.2, 0.25) is 0 Å². The van der Waals surface area contributed by atoms with E-state index in [-0.39, 0.29) is 0 Å². The first-order valence-corrected chi connectivity index (χ1v) is 5.02. The third-order valence-corrected chi connectivity index (χ3v) is 3.18. The molecule has 1 aliphatic heterocycles. The minimum Gasteiger partial charge on any atom is -0.242 e. The van der Waals surface area contributed by atoms with Crippen LogP contribution in [-0.2, 0) is 0 Å². The Morgan fingerprint density at radius 2 is 2.17 bits per heavy atom. The summed E-state index contributed by atoms with van der Waals surface area (Å²) >= 11 is 0. The summed E-state index contributed by atoms with van der Waals surface area (Å²) in [7, 11) is 2.21. The van der Waals surface area contributed by atoms with Crippen molar-refractivity contribution >= 4 is 6.21 Å². The Morgan fingerprint density at radius 3 is 2.83 bits per heavy atom. The predicted molar refractivity (Wildman–Crippen MR) is 51.8 cm³/mol. The highest BCUT2D eigenvalue weighted by Gasteiger charge is 2.34. The van der Waals surface area contributed by atoms with Gasteiger partial charge in [-0.05, 0) is 25.7 Å². The van der Waals surface area contributed by atoms with Crippen LogP contribution in [0.25, 0.3) is 0 Å². The van der Waals surface area contributed by atoms with Crippen LogP contribution in [0.1, 0.15) is 32.1 Å². The van der Waals surface area contributed by atoms with Gasteiger partial charge in [-0.3, -0.25) is 0 Å². The quantitative estimate of drug-likeness (QED) is 0.381. The van der Waals surface area contributed by atoms with Crippen LogP contribution < -0.4 is 0 Å². The van der Waals surface area contributed by atoms with Crippen molar-refractivity contribution < 1.29 is 4.58 Å². The molecular weight excluding hydrogens is 146 g/mol. The van der Waals surface area contributed by atoms with Gasteiger partial charge in [0.2, 0.25) is 0 Å². The minimum absolute atomic E-state index is 0.543. The van der Waals surface area contributed by atoms with Crippen LogP contribution in [0.5, 0.6) is 0 Å². The molecule has 0 saturated carbocycles. The first-order valence-electron chi connectivity index (χ1n) is 5.02. The van der Waals surface area contributed by atoms with Crippen molar-refractivity contribution in [3.63, 3.8) is 0 Å². The van der Waals surface area contributed by atoms with Crippen LogP contribution in [0, 0.1) is 5.41 Å². The Bertz CT molecular complexity index is 227. The number of nitrogens with zero attached hydrogens (tertiary/aromatic N) is 1. The second-order valence-corrected chi connectivity index (χ2v) is 4.29. The van der Waals surface area contributed by atoms with Crippen LogP contribution in [0.4, 0.5) is 0 Å². The summed E-state index contributed by atoms with van der Waals surface area (Å²) in [4.78, 5) is 0. The average molecular weight is 164 g/mol. The molecule has 1 aliphatic carbocycles. The van der Waals surface area contributed by atoms with Gasteiger partial charge in [-0.2, -0.15) is 0 Å². The van der Waals surface area contributed by atoms with Gasteiger partial charge in [0.1, 0.15) is 19.8 Å². The fourth-order valence-corrected chi connectivity index (χ4v) is 2.53. The van der Waals surface area contributed by atoms with E-state index in [0.29, 0.717) is 5.41 Å². The van der Waals surface area contributed by atoms with E-state index in [1.807, 2.05) is 0 Å². The molecule has 0 N–H and O–H groups in total. The van der Waals surface area contributed by atoms with Gasteiger partial charge in [0.05, 0.1) is 5.41 Å². The van der Waals surface area contributed by atoms with E-state index >= 15 is 0 Å². The molecule has 12 heavy (non-hydrogen) atoms. The molecule has 1 nitrogen and oxygen atoms in total. The highest BCUT2D eigenvalue weighted by molar-refractivity contribution is 5.62. The van der Waals surface area contributed by atoms with Gasteiger partial charge >= 0.3 is 0 Å². The summed E-state index contributed by atoms with van der Waals surface area (Å²) in [6.45, 7) is 1.26. The zero-order chi connectivity index (χ0) is 8.44. The minimum atomic E-state index is 0.543. The molecule has 1 spiro atoms. The molecule has 0 aromatic heterocycles. The maximum Gasteiger partial charge on any atom is 0.145 e. The van der Waals surface area contributed by atoms with Crippen molar-refractivity contribution in [3.05, 3.63) is 12.2 Å². The topological polar surface area (TPSA) is 3.01 Å². The van der Waals surface area contributed by atoms with Crippen molar-refractivity contribution in [2.45, 2.75) is 32.1 Å². The normalized spacial score (nSPS) is 35.2. The summed E-state index contributed by atoms with van der Waals surface area (Å²) in [5.41, 5.74) is 0.543. The summed E-state index contributed by atoms with van der Waals surface area (Å²) in [6.07, 6.45) is 13.9. The Kier molecular flexibility index (Phi) is 2.03. The second-order valence-electron chi connectivity index (χ2n) is 4.29. The largest absolute Gasteiger partial charge is 0.242 e. The molecule has 0 aromatic carbocycles. The van der Waals surface area contributed by atoms with E-state index in [2.05, 4.69) is 30.0 Å². The number of hydrogen-bond acceptors (Lipinski definition) is 0. The second kappa shape index (κ2) is 3.04. The van der Waals surface area contributed by atoms with Gasteiger partial charge in [0.25, 0.3) is 0 Å². The smallest absolute Gasteiger partial charge is 0.145 e. The summed E-state index contributed by atoms with van der Waals surface area (Å²) in [5.74, 6) is 0. The van der Waals surface area contributed by atoms with E-state index in [4.69, 9.17) is 0 Å². The van der Waals surface area contributed by atoms with Gasteiger partial charge in [-0.25, -0.2) is 4.58 Å². The average Bonchev–Trinajstić information content (AvgIpc) is 2.05. The molecule has 0 saturated heterocycles. The van der Waals surface area contributed by atoms with Crippen LogP contribution >= 0.6 is 0 Å². The number of rotatable bonds is 0. The molecule has 2 rings (SSSR count). The molecule has 1 heteroatoms. The van der Waals surface area contributed by atoms with E-state index in [1.165, 1.54) is 38.6 Å². The lowest BCUT2D eigenvalue weighted by Gasteiger charge is -2.31. The van der Waals surface area contributed by atoms with Crippen LogP contribution in [0.15, 0.2) is 12.2 Å². The zero-order valence-corrected chi connectivity index (χ0v) is 7.92. The molecule has 0 bridgehead atoms. The lowest BCUT2D eigenvalue weighted by Crippen LogP contribution is -2.33. The predicted octanol–water partition coefficient (Wildman–Crippen LogP) is 2.22. The Hall–Kier alpha value is -0.590. The highest BCUT2D eigenvalue weighted by atomic mass is 15.0. The molecule has 0 fully saturated rings. The van der Waals surface area contributed by atoms with Crippen molar-refractivity contribution in [3.8, 4) is 0 Å². The summed E-state index contributed by atoms with van der Waals surface area (Å²) in [5, 5.41) is 0. The van der Waals surface area contributed by atoms with Crippen LogP contribution in [0.3, 0.4) is 0 Å². The fraction of sp³-hybridized carbons (Fsp3) is 0.727. The molecule has 1 atom stereocenters. The maximum atomic E-state index is 2.47. The Balaban J connectivity index is 2.19. The molecule has 66 valence electrons. The van der Waals surface area contributed by atoms with Gasteiger partial charge in [0, 0.05) is 6.42 Å². The lowest BCUT2D eigenvalue weighted by molar-refractivity contribution is -0.502. The molecule has 1 unspecified atom stereocenters. The SMILES string of the molecule is C[N+]1=CC2(CC=CCC2)CCC1. The molecule has 0 radical (unpaired) electrons. The van der Waals surface area contributed by atoms with E-state index in [9.17, 15) is 0 Å². The van der Waals surface area contributed by atoms with Crippen molar-refractivity contribution in [1.29, 1.82) is 0 Å². The first kappa shape index (κ1) is 8.03. The monoisotopic (exact) mass is 164 g/mol. The van der Waals surface area contributed by atoms with Crippen LogP contribution in [-0.4, -0.2) is 24.4 Å². The van der Waals surface area contributed by atoms with E-state index < -0.39 is 0 Å². The molecule has 0 amide bonds. The standard InChI is InChI=1S/C11H18N/c1-12-9-5-8-11(10-12)6-3-2-4-7-11/h2-3,10H,4-9H2,1H3/q+1. The first-order chi connectivity index (χ1) is 5.81. The molecule has 2 aliphatic rings. The number of hydrogen-bond donors (Lipinski definition) is 0.